The smallest absolute Gasteiger partial charge is 0.242 e. The van der Waals surface area contributed by atoms with E-state index in [1.54, 1.807) is 0 Å². The van der Waals surface area contributed by atoms with Crippen LogP contribution in [0.2, 0.25) is 0 Å². The van der Waals surface area contributed by atoms with Gasteiger partial charge in [0, 0.05) is 32.1 Å². The highest BCUT2D eigenvalue weighted by Gasteiger charge is 2.40. The minimum Gasteiger partial charge on any atom is -0.341 e. The molecule has 2 amide bonds. The Kier molecular flexibility index (Phi) is 3.55. The molecule has 0 radical (unpaired) electrons. The molecule has 4 fully saturated rings. The molecule has 4 aliphatic rings. The second kappa shape index (κ2) is 5.83. The fourth-order valence-electron chi connectivity index (χ4n) is 4.51. The number of para-hydroxylation sites is 2. The highest BCUT2D eigenvalue weighted by Crippen LogP contribution is 2.40. The van der Waals surface area contributed by atoms with Crippen LogP contribution in [0.5, 0.6) is 0 Å². The van der Waals surface area contributed by atoms with Crippen molar-refractivity contribution < 1.29 is 9.59 Å². The first-order chi connectivity index (χ1) is 12.6. The largest absolute Gasteiger partial charge is 0.341 e. The van der Waals surface area contributed by atoms with Crippen molar-refractivity contribution in [2.24, 2.45) is 5.92 Å². The lowest BCUT2D eigenvalue weighted by Gasteiger charge is -2.32. The van der Waals surface area contributed by atoms with Crippen LogP contribution in [-0.2, 0) is 16.1 Å². The van der Waals surface area contributed by atoms with Gasteiger partial charge in [0.25, 0.3) is 0 Å². The summed E-state index contributed by atoms with van der Waals surface area (Å²) in [5, 5.41) is 0. The fourth-order valence-corrected chi connectivity index (χ4v) is 4.51. The lowest BCUT2D eigenvalue weighted by atomic mass is 9.95. The van der Waals surface area contributed by atoms with Crippen molar-refractivity contribution in [1.29, 1.82) is 0 Å². The summed E-state index contributed by atoms with van der Waals surface area (Å²) in [5.41, 5.74) is 2.00. The molecule has 136 valence electrons. The standard InChI is InChI=1S/C20H24N4O2/c1-22-15-9-8-14(20(22)26)10-23(11-15)18(25)12-24-17-5-3-2-4-16(17)21-19(24)13-6-7-13/h2-5,13-15H,6-12H2,1H3/t14-,15+/m1/s1. The van der Waals surface area contributed by atoms with Crippen LogP contribution in [0.1, 0.15) is 37.4 Å². The van der Waals surface area contributed by atoms with Crippen molar-refractivity contribution in [3.05, 3.63) is 30.1 Å². The van der Waals surface area contributed by atoms with Crippen molar-refractivity contribution in [2.45, 2.75) is 44.2 Å². The minimum atomic E-state index is -0.0369. The molecule has 4 heterocycles. The van der Waals surface area contributed by atoms with Crippen LogP contribution in [0.3, 0.4) is 0 Å². The van der Waals surface area contributed by atoms with Crippen LogP contribution in [0.4, 0.5) is 0 Å². The highest BCUT2D eigenvalue weighted by atomic mass is 16.2. The van der Waals surface area contributed by atoms with Gasteiger partial charge in [0.2, 0.25) is 11.8 Å². The average Bonchev–Trinajstić information content (AvgIpc) is 3.46. The van der Waals surface area contributed by atoms with E-state index >= 15 is 0 Å². The van der Waals surface area contributed by atoms with Gasteiger partial charge in [-0.25, -0.2) is 4.98 Å². The van der Waals surface area contributed by atoms with Crippen LogP contribution in [-0.4, -0.2) is 57.3 Å². The number of piperidine rings is 1. The molecule has 3 aliphatic heterocycles. The molecule has 1 aromatic heterocycles. The molecule has 1 aromatic carbocycles. The molecule has 6 nitrogen and oxygen atoms in total. The summed E-state index contributed by atoms with van der Waals surface area (Å²) in [5.74, 6) is 1.80. The number of carbonyl (C=O) groups is 2. The average molecular weight is 352 g/mol. The van der Waals surface area contributed by atoms with E-state index in [9.17, 15) is 9.59 Å². The van der Waals surface area contributed by atoms with E-state index in [1.807, 2.05) is 41.1 Å². The van der Waals surface area contributed by atoms with Gasteiger partial charge in [-0.1, -0.05) is 12.1 Å². The number of amides is 2. The van der Waals surface area contributed by atoms with Gasteiger partial charge in [0.05, 0.1) is 17.0 Å². The Balaban J connectivity index is 1.43. The third-order valence-corrected chi connectivity index (χ3v) is 6.24. The molecule has 6 rings (SSSR count). The van der Waals surface area contributed by atoms with Crippen molar-refractivity contribution in [2.75, 3.05) is 20.1 Å². The maximum atomic E-state index is 13.1. The number of aromatic nitrogens is 2. The Morgan fingerprint density at radius 2 is 1.88 bits per heavy atom. The van der Waals surface area contributed by atoms with Crippen LogP contribution < -0.4 is 0 Å². The third-order valence-electron chi connectivity index (χ3n) is 6.24. The first-order valence-corrected chi connectivity index (χ1v) is 9.61. The van der Waals surface area contributed by atoms with Crippen molar-refractivity contribution in [1.82, 2.24) is 19.4 Å². The lowest BCUT2D eigenvalue weighted by molar-refractivity contribution is -0.138. The molecule has 6 heteroatoms. The summed E-state index contributed by atoms with van der Waals surface area (Å²) in [4.78, 5) is 34.1. The van der Waals surface area contributed by atoms with E-state index < -0.39 is 0 Å². The number of hydrogen-bond acceptors (Lipinski definition) is 3. The maximum absolute atomic E-state index is 13.1. The minimum absolute atomic E-state index is 0.0369. The molecule has 1 saturated carbocycles. The number of rotatable bonds is 3. The quantitative estimate of drug-likeness (QED) is 0.849. The lowest BCUT2D eigenvalue weighted by Crippen LogP contribution is -2.45. The second-order valence-corrected chi connectivity index (χ2v) is 8.00. The molecule has 2 aromatic rings. The van der Waals surface area contributed by atoms with Crippen LogP contribution in [0.15, 0.2) is 24.3 Å². The predicted octanol–water partition coefficient (Wildman–Crippen LogP) is 1.99. The van der Waals surface area contributed by atoms with Gasteiger partial charge < -0.3 is 14.4 Å². The number of benzene rings is 1. The van der Waals surface area contributed by atoms with Gasteiger partial charge in [-0.3, -0.25) is 9.59 Å². The maximum Gasteiger partial charge on any atom is 0.242 e. The Morgan fingerprint density at radius 3 is 2.69 bits per heavy atom. The van der Waals surface area contributed by atoms with E-state index in [0.29, 0.717) is 25.6 Å². The summed E-state index contributed by atoms with van der Waals surface area (Å²) < 4.78 is 2.10. The Hall–Kier alpha value is -2.37. The van der Waals surface area contributed by atoms with Crippen molar-refractivity contribution in [3.63, 3.8) is 0 Å². The molecular weight excluding hydrogens is 328 g/mol. The number of hydrogen-bond donors (Lipinski definition) is 0. The first-order valence-electron chi connectivity index (χ1n) is 9.61. The number of carbonyl (C=O) groups excluding carboxylic acids is 2. The summed E-state index contributed by atoms with van der Waals surface area (Å²) in [6.07, 6.45) is 4.21. The van der Waals surface area contributed by atoms with E-state index in [4.69, 9.17) is 4.98 Å². The molecule has 2 atom stereocenters. The monoisotopic (exact) mass is 352 g/mol. The molecule has 0 N–H and O–H groups in total. The molecule has 0 spiro atoms. The fraction of sp³-hybridized carbons (Fsp3) is 0.550. The summed E-state index contributed by atoms with van der Waals surface area (Å²) >= 11 is 0. The van der Waals surface area contributed by atoms with Gasteiger partial charge >= 0.3 is 0 Å². The molecule has 1 aliphatic carbocycles. The first kappa shape index (κ1) is 15.9. The zero-order valence-corrected chi connectivity index (χ0v) is 15.1. The number of nitrogens with zero attached hydrogens (tertiary/aromatic N) is 4. The molecule has 26 heavy (non-hydrogen) atoms. The number of fused-ring (bicyclic) bond motifs is 5. The summed E-state index contributed by atoms with van der Waals surface area (Å²) in [7, 11) is 1.88. The SMILES string of the molecule is CN1C(=O)[C@@H]2CC[C@H]1CN(C(=O)Cn1c(C3CC3)nc3ccccc31)C2. The summed E-state index contributed by atoms with van der Waals surface area (Å²) in [6.45, 7) is 1.54. The van der Waals surface area contributed by atoms with E-state index in [0.717, 1.165) is 42.5 Å². The van der Waals surface area contributed by atoms with E-state index in [2.05, 4.69) is 4.57 Å². The van der Waals surface area contributed by atoms with Gasteiger partial charge in [-0.15, -0.1) is 0 Å². The molecule has 3 saturated heterocycles. The van der Waals surface area contributed by atoms with Gasteiger partial charge in [0.15, 0.2) is 0 Å². The van der Waals surface area contributed by atoms with Gasteiger partial charge in [-0.2, -0.15) is 0 Å². The Labute approximate surface area is 152 Å². The van der Waals surface area contributed by atoms with Gasteiger partial charge in [-0.05, 0) is 37.8 Å². The molecule has 0 unspecified atom stereocenters. The topological polar surface area (TPSA) is 58.4 Å². The van der Waals surface area contributed by atoms with Crippen LogP contribution in [0.25, 0.3) is 11.0 Å². The third kappa shape index (κ3) is 2.50. The molecule has 2 bridgehead atoms. The number of imidazole rings is 1. The zero-order chi connectivity index (χ0) is 17.8. The normalized spacial score (nSPS) is 25.8. The summed E-state index contributed by atoms with van der Waals surface area (Å²) in [6, 6.07) is 8.22. The highest BCUT2D eigenvalue weighted by molar-refractivity contribution is 5.84. The van der Waals surface area contributed by atoms with Gasteiger partial charge in [0.1, 0.15) is 12.4 Å². The van der Waals surface area contributed by atoms with Crippen LogP contribution >= 0.6 is 0 Å². The zero-order valence-electron chi connectivity index (χ0n) is 15.1. The van der Waals surface area contributed by atoms with E-state index in [1.165, 1.54) is 0 Å². The van der Waals surface area contributed by atoms with Crippen LogP contribution in [0, 0.1) is 5.92 Å². The van der Waals surface area contributed by atoms with Crippen molar-refractivity contribution in [3.8, 4) is 0 Å². The van der Waals surface area contributed by atoms with E-state index in [-0.39, 0.29) is 23.8 Å². The Morgan fingerprint density at radius 1 is 1.12 bits per heavy atom. The molecular formula is C20H24N4O2. The predicted molar refractivity (Wildman–Crippen MR) is 97.6 cm³/mol. The Bertz CT molecular complexity index is 885. The van der Waals surface area contributed by atoms with Crippen molar-refractivity contribution >= 4 is 22.8 Å². The second-order valence-electron chi connectivity index (χ2n) is 8.00. The number of likely N-dealkylation sites (N-methyl/N-ethyl adjacent to an activating group) is 1.